The summed E-state index contributed by atoms with van der Waals surface area (Å²) < 4.78 is 0.703. The zero-order valence-corrected chi connectivity index (χ0v) is 12.4. The number of hydrogen-bond donors (Lipinski definition) is 1. The second kappa shape index (κ2) is 5.80. The Labute approximate surface area is 117 Å². The number of nitrogens with zero attached hydrogens (tertiary/aromatic N) is 2. The molecule has 3 nitrogen and oxygen atoms in total. The van der Waals surface area contributed by atoms with Crippen LogP contribution >= 0.6 is 38.9 Å². The lowest BCUT2D eigenvalue weighted by atomic mass is 10.3. The molecule has 17 heavy (non-hydrogen) atoms. The van der Waals surface area contributed by atoms with Crippen molar-refractivity contribution < 1.29 is 0 Å². The van der Waals surface area contributed by atoms with Gasteiger partial charge in [-0.3, -0.25) is 0 Å². The van der Waals surface area contributed by atoms with Crippen LogP contribution in [0.1, 0.15) is 16.7 Å². The summed E-state index contributed by atoms with van der Waals surface area (Å²) in [6.45, 7) is 2.90. The molecule has 0 aliphatic carbocycles. The molecule has 90 valence electrons. The maximum absolute atomic E-state index is 5.89. The van der Waals surface area contributed by atoms with Gasteiger partial charge in [-0.1, -0.05) is 18.5 Å². The van der Waals surface area contributed by atoms with Crippen molar-refractivity contribution in [2.24, 2.45) is 0 Å². The molecule has 2 aromatic rings. The number of aromatic nitrogens is 2. The normalized spacial score (nSPS) is 10.5. The van der Waals surface area contributed by atoms with Crippen LogP contribution in [0, 0.1) is 0 Å². The van der Waals surface area contributed by atoms with E-state index >= 15 is 0 Å². The summed E-state index contributed by atoms with van der Waals surface area (Å²) >= 11 is 11.1. The van der Waals surface area contributed by atoms with Crippen LogP contribution in [0.4, 0.5) is 5.82 Å². The van der Waals surface area contributed by atoms with Gasteiger partial charge in [0, 0.05) is 9.75 Å². The fourth-order valence-corrected chi connectivity index (χ4v) is 2.73. The van der Waals surface area contributed by atoms with Crippen molar-refractivity contribution in [3.05, 3.63) is 37.8 Å². The molecule has 0 saturated heterocycles. The molecular formula is C11H11BrClN3S. The van der Waals surface area contributed by atoms with E-state index in [2.05, 4.69) is 50.3 Å². The average molecular weight is 333 g/mol. The van der Waals surface area contributed by atoms with Gasteiger partial charge in [-0.2, -0.15) is 0 Å². The third-order valence-corrected chi connectivity index (χ3v) is 4.74. The standard InChI is InChI=1S/C11H11BrClN3S/c1-2-7-3-4-8(17-7)5-14-11-9(12)10(13)15-6-16-11/h3-4,6H,2,5H2,1H3,(H,14,15,16). The van der Waals surface area contributed by atoms with Gasteiger partial charge < -0.3 is 5.32 Å². The first kappa shape index (κ1) is 12.8. The van der Waals surface area contributed by atoms with E-state index in [1.807, 2.05) is 11.3 Å². The molecule has 2 aromatic heterocycles. The third-order valence-electron chi connectivity index (χ3n) is 2.24. The predicted octanol–water partition coefficient (Wildman–Crippen LogP) is 4.13. The summed E-state index contributed by atoms with van der Waals surface area (Å²) in [4.78, 5) is 10.7. The molecule has 0 aliphatic rings. The van der Waals surface area contributed by atoms with Crippen LogP contribution in [0.5, 0.6) is 0 Å². The molecule has 2 heterocycles. The van der Waals surface area contributed by atoms with Gasteiger partial charge in [0.2, 0.25) is 0 Å². The number of nitrogens with one attached hydrogen (secondary N) is 1. The maximum atomic E-state index is 5.89. The summed E-state index contributed by atoms with van der Waals surface area (Å²) in [5, 5.41) is 3.65. The zero-order chi connectivity index (χ0) is 12.3. The highest BCUT2D eigenvalue weighted by Crippen LogP contribution is 2.27. The van der Waals surface area contributed by atoms with Gasteiger partial charge in [-0.25, -0.2) is 9.97 Å². The summed E-state index contributed by atoms with van der Waals surface area (Å²) in [6.07, 6.45) is 2.52. The van der Waals surface area contributed by atoms with Crippen LogP contribution in [0.3, 0.4) is 0 Å². The average Bonchev–Trinajstić information content (AvgIpc) is 2.79. The Morgan fingerprint density at radius 2 is 2.12 bits per heavy atom. The van der Waals surface area contributed by atoms with Crippen molar-refractivity contribution in [1.29, 1.82) is 0 Å². The summed E-state index contributed by atoms with van der Waals surface area (Å²) in [7, 11) is 0. The summed E-state index contributed by atoms with van der Waals surface area (Å²) in [5.74, 6) is 0.719. The number of rotatable bonds is 4. The molecule has 0 spiro atoms. The van der Waals surface area contributed by atoms with Crippen LogP contribution in [0.25, 0.3) is 0 Å². The molecule has 6 heteroatoms. The Bertz CT molecular complexity index is 515. The van der Waals surface area contributed by atoms with Gasteiger partial charge in [-0.15, -0.1) is 11.3 Å². The number of hydrogen-bond acceptors (Lipinski definition) is 4. The Balaban J connectivity index is 2.04. The largest absolute Gasteiger partial charge is 0.364 e. The molecule has 1 N–H and O–H groups in total. The predicted molar refractivity (Wildman–Crippen MR) is 75.8 cm³/mol. The van der Waals surface area contributed by atoms with E-state index in [9.17, 15) is 0 Å². The highest BCUT2D eigenvalue weighted by molar-refractivity contribution is 9.10. The van der Waals surface area contributed by atoms with Crippen LogP contribution in [-0.4, -0.2) is 9.97 Å². The van der Waals surface area contributed by atoms with E-state index < -0.39 is 0 Å². The Morgan fingerprint density at radius 3 is 2.82 bits per heavy atom. The van der Waals surface area contributed by atoms with E-state index in [0.29, 0.717) is 9.63 Å². The quantitative estimate of drug-likeness (QED) is 0.856. The highest BCUT2D eigenvalue weighted by Gasteiger charge is 2.06. The van der Waals surface area contributed by atoms with Crippen LogP contribution in [0.15, 0.2) is 22.9 Å². The van der Waals surface area contributed by atoms with E-state index in [1.165, 1.54) is 16.1 Å². The molecule has 0 fully saturated rings. The van der Waals surface area contributed by atoms with E-state index in [0.717, 1.165) is 18.8 Å². The van der Waals surface area contributed by atoms with Gasteiger partial charge >= 0.3 is 0 Å². The van der Waals surface area contributed by atoms with E-state index in [4.69, 9.17) is 11.6 Å². The Kier molecular flexibility index (Phi) is 4.36. The van der Waals surface area contributed by atoms with Gasteiger partial charge in [0.25, 0.3) is 0 Å². The fourth-order valence-electron chi connectivity index (χ4n) is 1.35. The van der Waals surface area contributed by atoms with Crippen molar-refractivity contribution in [2.45, 2.75) is 19.9 Å². The molecule has 0 aromatic carbocycles. The second-order valence-electron chi connectivity index (χ2n) is 3.40. The zero-order valence-electron chi connectivity index (χ0n) is 9.20. The van der Waals surface area contributed by atoms with Crippen molar-refractivity contribution in [1.82, 2.24) is 9.97 Å². The Morgan fingerprint density at radius 1 is 1.35 bits per heavy atom. The minimum absolute atomic E-state index is 0.419. The monoisotopic (exact) mass is 331 g/mol. The van der Waals surface area contributed by atoms with Crippen LogP contribution < -0.4 is 5.32 Å². The highest BCUT2D eigenvalue weighted by atomic mass is 79.9. The Hall–Kier alpha value is -0.650. The molecule has 0 unspecified atom stereocenters. The lowest BCUT2D eigenvalue weighted by molar-refractivity contribution is 1.09. The van der Waals surface area contributed by atoms with Crippen LogP contribution in [-0.2, 0) is 13.0 Å². The molecule has 0 bridgehead atoms. The first-order valence-electron chi connectivity index (χ1n) is 5.18. The van der Waals surface area contributed by atoms with E-state index in [1.54, 1.807) is 0 Å². The first-order valence-corrected chi connectivity index (χ1v) is 7.17. The maximum Gasteiger partial charge on any atom is 0.148 e. The second-order valence-corrected chi connectivity index (χ2v) is 5.81. The molecular weight excluding hydrogens is 322 g/mol. The van der Waals surface area contributed by atoms with Crippen molar-refractivity contribution in [3.63, 3.8) is 0 Å². The van der Waals surface area contributed by atoms with Crippen molar-refractivity contribution >= 4 is 44.7 Å². The van der Waals surface area contributed by atoms with Crippen molar-refractivity contribution in [3.8, 4) is 0 Å². The fraction of sp³-hybridized carbons (Fsp3) is 0.273. The minimum Gasteiger partial charge on any atom is -0.364 e. The molecule has 0 saturated carbocycles. The molecule has 0 aliphatic heterocycles. The molecule has 0 amide bonds. The number of anilines is 1. The molecule has 0 radical (unpaired) electrons. The van der Waals surface area contributed by atoms with Gasteiger partial charge in [0.1, 0.15) is 17.3 Å². The topological polar surface area (TPSA) is 37.8 Å². The van der Waals surface area contributed by atoms with Gasteiger partial charge in [-0.05, 0) is 34.5 Å². The minimum atomic E-state index is 0.419. The lowest BCUT2D eigenvalue weighted by Gasteiger charge is -2.06. The van der Waals surface area contributed by atoms with Crippen molar-refractivity contribution in [2.75, 3.05) is 5.32 Å². The van der Waals surface area contributed by atoms with Gasteiger partial charge in [0.05, 0.1) is 11.0 Å². The third kappa shape index (κ3) is 3.18. The SMILES string of the molecule is CCc1ccc(CNc2ncnc(Cl)c2Br)s1. The number of aryl methyl sites for hydroxylation is 1. The summed E-state index contributed by atoms with van der Waals surface area (Å²) in [5.41, 5.74) is 0. The smallest absolute Gasteiger partial charge is 0.148 e. The lowest BCUT2D eigenvalue weighted by Crippen LogP contribution is -2.01. The number of halogens is 2. The first-order chi connectivity index (χ1) is 8.20. The van der Waals surface area contributed by atoms with E-state index in [-0.39, 0.29) is 0 Å². The molecule has 2 rings (SSSR count). The number of thiophene rings is 1. The van der Waals surface area contributed by atoms with Crippen LogP contribution in [0.2, 0.25) is 5.15 Å². The summed E-state index contributed by atoms with van der Waals surface area (Å²) in [6, 6.07) is 4.29. The van der Waals surface area contributed by atoms with Gasteiger partial charge in [0.15, 0.2) is 0 Å². The molecule has 0 atom stereocenters.